The molecule has 0 atom stereocenters. The van der Waals surface area contributed by atoms with Gasteiger partial charge in [-0.1, -0.05) is 0 Å². The van der Waals surface area contributed by atoms with Crippen LogP contribution in [0.1, 0.15) is 0 Å². The van der Waals surface area contributed by atoms with Crippen molar-refractivity contribution in [1.29, 1.82) is 0 Å². The average molecular weight is 238 g/mol. The summed E-state index contributed by atoms with van der Waals surface area (Å²) in [6, 6.07) is 1.74. The monoisotopic (exact) mass is 238 g/mol. The number of hydrogen-bond acceptors (Lipinski definition) is 3. The van der Waals surface area contributed by atoms with Crippen molar-refractivity contribution < 1.29 is 0 Å². The number of nitrogens with zero attached hydrogens (tertiary/aromatic N) is 2. The predicted octanol–water partition coefficient (Wildman–Crippen LogP) is 1.37. The summed E-state index contributed by atoms with van der Waals surface area (Å²) in [6.45, 7) is 0. The third kappa shape index (κ3) is 1.59. The van der Waals surface area contributed by atoms with Crippen LogP contribution >= 0.6 is 35.2 Å². The van der Waals surface area contributed by atoms with Gasteiger partial charge in [0.15, 0.2) is 3.83 Å². The van der Waals surface area contributed by atoms with E-state index in [0.29, 0.717) is 5.03 Å². The molecule has 1 heterocycles. The fourth-order valence-corrected chi connectivity index (χ4v) is 1.10. The van der Waals surface area contributed by atoms with E-state index in [1.54, 1.807) is 12.3 Å². The first-order chi connectivity index (χ1) is 3.79. The molecule has 2 nitrogen and oxygen atoms in total. The Morgan fingerprint density at radius 1 is 1.62 bits per heavy atom. The quantitative estimate of drug-likeness (QED) is 0.319. The van der Waals surface area contributed by atoms with E-state index < -0.39 is 0 Å². The first kappa shape index (κ1) is 6.28. The molecule has 0 aromatic carbocycles. The maximum atomic E-state index is 4.00. The van der Waals surface area contributed by atoms with Crippen LogP contribution in [0.4, 0.5) is 0 Å². The standard InChI is InChI=1S/C4H3IN2S/c5-4-6-2-1-3(8)7-4/h1-2H,(H,6,7,8). The first-order valence-corrected chi connectivity index (χ1v) is 3.49. The lowest BCUT2D eigenvalue weighted by molar-refractivity contribution is 1.01. The van der Waals surface area contributed by atoms with E-state index >= 15 is 0 Å². The van der Waals surface area contributed by atoms with Crippen LogP contribution in [0.5, 0.6) is 0 Å². The van der Waals surface area contributed by atoms with Crippen LogP contribution in [0.15, 0.2) is 17.3 Å². The molecule has 1 aromatic heterocycles. The molecule has 0 aliphatic rings. The lowest BCUT2D eigenvalue weighted by Gasteiger charge is -1.86. The zero-order valence-corrected chi connectivity index (χ0v) is 6.93. The summed E-state index contributed by atoms with van der Waals surface area (Å²) >= 11 is 6.03. The van der Waals surface area contributed by atoms with E-state index in [2.05, 4.69) is 22.6 Å². The summed E-state index contributed by atoms with van der Waals surface area (Å²) < 4.78 is 0.732. The van der Waals surface area contributed by atoms with E-state index in [0.717, 1.165) is 3.83 Å². The van der Waals surface area contributed by atoms with Crippen LogP contribution in [0, 0.1) is 3.83 Å². The zero-order valence-electron chi connectivity index (χ0n) is 3.87. The third-order valence-electron chi connectivity index (χ3n) is 0.611. The van der Waals surface area contributed by atoms with Crippen molar-refractivity contribution in [3.63, 3.8) is 0 Å². The van der Waals surface area contributed by atoms with Gasteiger partial charge in [-0.2, -0.15) is 0 Å². The Morgan fingerprint density at radius 2 is 2.38 bits per heavy atom. The normalized spacial score (nSPS) is 9.25. The summed E-state index contributed by atoms with van der Waals surface area (Å²) in [5.74, 6) is 0. The first-order valence-electron chi connectivity index (χ1n) is 1.96. The van der Waals surface area contributed by atoms with Gasteiger partial charge in [0.25, 0.3) is 0 Å². The zero-order chi connectivity index (χ0) is 5.98. The Balaban J connectivity index is 3.08. The van der Waals surface area contributed by atoms with Gasteiger partial charge < -0.3 is 0 Å². The van der Waals surface area contributed by atoms with Gasteiger partial charge in [-0.25, -0.2) is 9.97 Å². The van der Waals surface area contributed by atoms with Gasteiger partial charge in [-0.15, -0.1) is 12.6 Å². The predicted molar refractivity (Wildman–Crippen MR) is 42.0 cm³/mol. The summed E-state index contributed by atoms with van der Waals surface area (Å²) in [7, 11) is 0. The lowest BCUT2D eigenvalue weighted by atomic mass is 10.7. The minimum atomic E-state index is 0.712. The van der Waals surface area contributed by atoms with Gasteiger partial charge in [-0.05, 0) is 6.07 Å². The Labute approximate surface area is 66.3 Å². The van der Waals surface area contributed by atoms with E-state index in [9.17, 15) is 0 Å². The molecule has 0 aliphatic carbocycles. The van der Waals surface area contributed by atoms with Crippen molar-refractivity contribution in [2.75, 3.05) is 0 Å². The maximum Gasteiger partial charge on any atom is 0.191 e. The number of hydrogen-bond donors (Lipinski definition) is 1. The minimum absolute atomic E-state index is 0.712. The molecule has 0 bridgehead atoms. The maximum absolute atomic E-state index is 4.00. The molecule has 0 saturated carbocycles. The average Bonchev–Trinajstić information content (AvgIpc) is 1.64. The Hall–Kier alpha value is 0.160. The molecule has 1 rings (SSSR count). The smallest absolute Gasteiger partial charge is 0.191 e. The fourth-order valence-electron chi connectivity index (χ4n) is 0.326. The van der Waals surface area contributed by atoms with Crippen molar-refractivity contribution >= 4 is 35.2 Å². The van der Waals surface area contributed by atoms with E-state index in [4.69, 9.17) is 0 Å². The largest absolute Gasteiger partial charge is 0.232 e. The van der Waals surface area contributed by atoms with Crippen LogP contribution in [-0.2, 0) is 0 Å². The van der Waals surface area contributed by atoms with Gasteiger partial charge in [-0.3, -0.25) is 0 Å². The highest BCUT2D eigenvalue weighted by Crippen LogP contribution is 2.00. The molecular formula is C4H3IN2S. The molecule has 0 unspecified atom stereocenters. The lowest BCUT2D eigenvalue weighted by Crippen LogP contribution is -1.83. The topological polar surface area (TPSA) is 25.8 Å². The van der Waals surface area contributed by atoms with Crippen molar-refractivity contribution in [1.82, 2.24) is 9.97 Å². The molecular weight excluding hydrogens is 235 g/mol. The number of aromatic nitrogens is 2. The van der Waals surface area contributed by atoms with Gasteiger partial charge in [0.2, 0.25) is 0 Å². The van der Waals surface area contributed by atoms with Crippen molar-refractivity contribution in [3.05, 3.63) is 16.1 Å². The molecule has 0 N–H and O–H groups in total. The second-order valence-electron chi connectivity index (χ2n) is 1.18. The highest BCUT2D eigenvalue weighted by molar-refractivity contribution is 14.1. The summed E-state index contributed by atoms with van der Waals surface area (Å²) in [5.41, 5.74) is 0. The highest BCUT2D eigenvalue weighted by atomic mass is 127. The van der Waals surface area contributed by atoms with Crippen molar-refractivity contribution in [3.8, 4) is 0 Å². The van der Waals surface area contributed by atoms with Crippen LogP contribution in [0.25, 0.3) is 0 Å². The van der Waals surface area contributed by atoms with Crippen LogP contribution < -0.4 is 0 Å². The van der Waals surface area contributed by atoms with E-state index in [-0.39, 0.29) is 0 Å². The Bertz CT molecular complexity index is 174. The highest BCUT2D eigenvalue weighted by Gasteiger charge is 1.86. The second kappa shape index (κ2) is 2.63. The Morgan fingerprint density at radius 3 is 2.75 bits per heavy atom. The number of thiol groups is 1. The molecule has 0 saturated heterocycles. The van der Waals surface area contributed by atoms with Gasteiger partial charge in [0.1, 0.15) is 0 Å². The van der Waals surface area contributed by atoms with Gasteiger partial charge >= 0.3 is 0 Å². The second-order valence-corrected chi connectivity index (χ2v) is 2.61. The Kier molecular flexibility index (Phi) is 2.07. The van der Waals surface area contributed by atoms with E-state index in [1.165, 1.54) is 0 Å². The minimum Gasteiger partial charge on any atom is -0.232 e. The van der Waals surface area contributed by atoms with Gasteiger partial charge in [0, 0.05) is 28.8 Å². The molecule has 42 valence electrons. The van der Waals surface area contributed by atoms with Crippen LogP contribution in [0.2, 0.25) is 0 Å². The fraction of sp³-hybridized carbons (Fsp3) is 0. The van der Waals surface area contributed by atoms with Crippen molar-refractivity contribution in [2.45, 2.75) is 5.03 Å². The molecule has 4 heteroatoms. The van der Waals surface area contributed by atoms with E-state index in [1.807, 2.05) is 22.6 Å². The SMILES string of the molecule is Sc1ccnc(I)n1. The molecule has 1 aromatic rings. The molecule has 0 radical (unpaired) electrons. The van der Waals surface area contributed by atoms with Crippen LogP contribution in [-0.4, -0.2) is 9.97 Å². The van der Waals surface area contributed by atoms with Crippen LogP contribution in [0.3, 0.4) is 0 Å². The summed E-state index contributed by atoms with van der Waals surface area (Å²) in [6.07, 6.45) is 1.68. The molecule has 8 heavy (non-hydrogen) atoms. The molecule has 0 fully saturated rings. The molecule has 0 amide bonds. The number of rotatable bonds is 0. The number of halogens is 1. The van der Waals surface area contributed by atoms with Crippen molar-refractivity contribution in [2.24, 2.45) is 0 Å². The molecule has 0 aliphatic heterocycles. The molecule has 0 spiro atoms. The van der Waals surface area contributed by atoms with Gasteiger partial charge in [0.05, 0.1) is 5.03 Å². The summed E-state index contributed by atoms with van der Waals surface area (Å²) in [5, 5.41) is 0.712. The summed E-state index contributed by atoms with van der Waals surface area (Å²) in [4.78, 5) is 7.78. The third-order valence-corrected chi connectivity index (χ3v) is 1.38.